The van der Waals surface area contributed by atoms with Gasteiger partial charge in [0.25, 0.3) is 0 Å². The predicted octanol–water partition coefficient (Wildman–Crippen LogP) is 3.02. The van der Waals surface area contributed by atoms with Crippen LogP contribution in [0.5, 0.6) is 5.75 Å². The van der Waals surface area contributed by atoms with Crippen molar-refractivity contribution in [2.75, 3.05) is 39.3 Å². The number of aryl methyl sites for hydroxylation is 1. The maximum absolute atomic E-state index is 12.4. The molecule has 1 aliphatic heterocycles. The number of amides is 1. The number of rotatable bonds is 10. The zero-order valence-corrected chi connectivity index (χ0v) is 18.6. The van der Waals surface area contributed by atoms with Gasteiger partial charge in [-0.3, -0.25) is 9.79 Å². The molecule has 1 aliphatic rings. The fourth-order valence-electron chi connectivity index (χ4n) is 3.64. The van der Waals surface area contributed by atoms with Crippen molar-refractivity contribution >= 4 is 11.9 Å². The number of carbonyl (C=O) groups excluding carboxylic acids is 1. The summed E-state index contributed by atoms with van der Waals surface area (Å²) in [6, 6.07) is 18.4. The second kappa shape index (κ2) is 12.0. The van der Waals surface area contributed by atoms with Crippen molar-refractivity contribution in [2.45, 2.75) is 26.7 Å². The van der Waals surface area contributed by atoms with E-state index in [4.69, 9.17) is 9.73 Å². The molecule has 0 saturated carbocycles. The average Bonchev–Trinajstić information content (AvgIpc) is 3.15. The van der Waals surface area contributed by atoms with E-state index in [1.165, 1.54) is 11.1 Å². The van der Waals surface area contributed by atoms with Crippen LogP contribution in [-0.4, -0.2) is 56.1 Å². The van der Waals surface area contributed by atoms with Gasteiger partial charge in [0.2, 0.25) is 5.91 Å². The van der Waals surface area contributed by atoms with Gasteiger partial charge in [0, 0.05) is 38.5 Å². The number of nitrogens with zero attached hydrogens (tertiary/aromatic N) is 2. The Labute approximate surface area is 185 Å². The second-order valence-electron chi connectivity index (χ2n) is 7.95. The van der Waals surface area contributed by atoms with E-state index in [1.807, 2.05) is 54.3 Å². The Morgan fingerprint density at radius 1 is 1.13 bits per heavy atom. The lowest BCUT2D eigenvalue weighted by molar-refractivity contribution is -0.127. The van der Waals surface area contributed by atoms with E-state index in [0.29, 0.717) is 26.1 Å². The number of ether oxygens (including phenoxy) is 1. The van der Waals surface area contributed by atoms with E-state index in [9.17, 15) is 4.79 Å². The molecule has 1 fully saturated rings. The minimum absolute atomic E-state index is 0.237. The Bertz CT molecular complexity index is 836. The Morgan fingerprint density at radius 3 is 2.65 bits per heavy atom. The fourth-order valence-corrected chi connectivity index (χ4v) is 3.64. The third-order valence-electron chi connectivity index (χ3n) is 5.34. The first-order valence-electron chi connectivity index (χ1n) is 11.2. The lowest BCUT2D eigenvalue weighted by atomic mass is 10.1. The van der Waals surface area contributed by atoms with E-state index < -0.39 is 0 Å². The Balaban J connectivity index is 1.40. The van der Waals surface area contributed by atoms with Gasteiger partial charge >= 0.3 is 0 Å². The summed E-state index contributed by atoms with van der Waals surface area (Å²) < 4.78 is 5.76. The minimum atomic E-state index is 0.237. The van der Waals surface area contributed by atoms with Crippen LogP contribution in [0.4, 0.5) is 0 Å². The van der Waals surface area contributed by atoms with Gasteiger partial charge in [-0.05, 0) is 38.0 Å². The second-order valence-corrected chi connectivity index (χ2v) is 7.95. The van der Waals surface area contributed by atoms with Crippen molar-refractivity contribution in [2.24, 2.45) is 10.9 Å². The number of hydrogen-bond acceptors (Lipinski definition) is 3. The molecular weight excluding hydrogens is 388 g/mol. The summed E-state index contributed by atoms with van der Waals surface area (Å²) in [5.74, 6) is 2.14. The lowest BCUT2D eigenvalue weighted by Crippen LogP contribution is -2.39. The molecule has 3 rings (SSSR count). The highest BCUT2D eigenvalue weighted by atomic mass is 16.5. The van der Waals surface area contributed by atoms with Crippen molar-refractivity contribution in [3.05, 3.63) is 65.7 Å². The normalized spacial score (nSPS) is 16.5. The third-order valence-corrected chi connectivity index (χ3v) is 5.34. The van der Waals surface area contributed by atoms with Crippen molar-refractivity contribution in [3.8, 4) is 5.75 Å². The predicted molar refractivity (Wildman–Crippen MR) is 125 cm³/mol. The SMILES string of the molecule is CCNC(=NCC1CC(=O)N(CCc2ccccc2)C1)NCCOc1ccc(C)cc1. The zero-order valence-electron chi connectivity index (χ0n) is 18.6. The zero-order chi connectivity index (χ0) is 21.9. The summed E-state index contributed by atoms with van der Waals surface area (Å²) in [7, 11) is 0. The molecule has 1 saturated heterocycles. The summed E-state index contributed by atoms with van der Waals surface area (Å²) in [6.07, 6.45) is 1.47. The molecule has 6 nitrogen and oxygen atoms in total. The van der Waals surface area contributed by atoms with Crippen molar-refractivity contribution in [3.63, 3.8) is 0 Å². The molecule has 0 radical (unpaired) electrons. The Hall–Kier alpha value is -3.02. The van der Waals surface area contributed by atoms with Crippen LogP contribution in [0.2, 0.25) is 0 Å². The molecule has 1 amide bonds. The summed E-state index contributed by atoms with van der Waals surface area (Å²) in [5, 5.41) is 6.58. The van der Waals surface area contributed by atoms with Crippen LogP contribution in [0, 0.1) is 12.8 Å². The first-order valence-corrected chi connectivity index (χ1v) is 11.2. The van der Waals surface area contributed by atoms with Crippen LogP contribution < -0.4 is 15.4 Å². The molecule has 1 unspecified atom stereocenters. The van der Waals surface area contributed by atoms with E-state index in [2.05, 4.69) is 29.7 Å². The minimum Gasteiger partial charge on any atom is -0.492 e. The van der Waals surface area contributed by atoms with Gasteiger partial charge in [-0.15, -0.1) is 0 Å². The molecule has 2 N–H and O–H groups in total. The maximum atomic E-state index is 12.4. The summed E-state index contributed by atoms with van der Waals surface area (Å²) in [5.41, 5.74) is 2.49. The number of guanidine groups is 1. The standard InChI is InChI=1S/C25H34N4O2/c1-3-26-25(27-14-16-31-23-11-9-20(2)10-12-23)28-18-22-17-24(30)29(19-22)15-13-21-7-5-4-6-8-21/h4-12,22H,3,13-19H2,1-2H3,(H2,26,27,28). The van der Waals surface area contributed by atoms with Gasteiger partial charge < -0.3 is 20.3 Å². The number of nitrogens with one attached hydrogen (secondary N) is 2. The Kier molecular flexibility index (Phi) is 8.76. The quantitative estimate of drug-likeness (QED) is 0.351. The molecule has 0 bridgehead atoms. The van der Waals surface area contributed by atoms with Crippen LogP contribution in [0.25, 0.3) is 0 Å². The van der Waals surface area contributed by atoms with Crippen LogP contribution >= 0.6 is 0 Å². The fraction of sp³-hybridized carbons (Fsp3) is 0.440. The molecule has 1 heterocycles. The number of carbonyl (C=O) groups is 1. The molecular formula is C25H34N4O2. The van der Waals surface area contributed by atoms with Gasteiger partial charge in [0.05, 0.1) is 6.54 Å². The topological polar surface area (TPSA) is 66.0 Å². The monoisotopic (exact) mass is 422 g/mol. The van der Waals surface area contributed by atoms with Gasteiger partial charge in [0.15, 0.2) is 5.96 Å². The highest BCUT2D eigenvalue weighted by Gasteiger charge is 2.28. The smallest absolute Gasteiger partial charge is 0.223 e. The van der Waals surface area contributed by atoms with Gasteiger partial charge in [-0.25, -0.2) is 0 Å². The molecule has 1 atom stereocenters. The largest absolute Gasteiger partial charge is 0.492 e. The van der Waals surface area contributed by atoms with E-state index in [0.717, 1.165) is 37.8 Å². The number of benzene rings is 2. The Morgan fingerprint density at radius 2 is 1.90 bits per heavy atom. The number of likely N-dealkylation sites (tertiary alicyclic amines) is 1. The molecule has 2 aromatic rings. The van der Waals surface area contributed by atoms with E-state index >= 15 is 0 Å². The van der Waals surface area contributed by atoms with Gasteiger partial charge in [-0.2, -0.15) is 0 Å². The van der Waals surface area contributed by atoms with E-state index in [1.54, 1.807) is 0 Å². The van der Waals surface area contributed by atoms with Crippen LogP contribution in [-0.2, 0) is 11.2 Å². The molecule has 166 valence electrons. The number of hydrogen-bond donors (Lipinski definition) is 2. The first kappa shape index (κ1) is 22.7. The lowest BCUT2D eigenvalue weighted by Gasteiger charge is -2.16. The highest BCUT2D eigenvalue weighted by Crippen LogP contribution is 2.18. The van der Waals surface area contributed by atoms with Crippen LogP contribution in [0.1, 0.15) is 24.5 Å². The molecule has 6 heteroatoms. The molecule has 0 spiro atoms. The highest BCUT2D eigenvalue weighted by molar-refractivity contribution is 5.80. The number of aliphatic imine (C=N–C) groups is 1. The summed E-state index contributed by atoms with van der Waals surface area (Å²) >= 11 is 0. The van der Waals surface area contributed by atoms with Gasteiger partial charge in [0.1, 0.15) is 12.4 Å². The molecule has 0 aromatic heterocycles. The van der Waals surface area contributed by atoms with Crippen molar-refractivity contribution in [1.29, 1.82) is 0 Å². The first-order chi connectivity index (χ1) is 15.1. The molecule has 0 aliphatic carbocycles. The average molecular weight is 423 g/mol. The van der Waals surface area contributed by atoms with Crippen molar-refractivity contribution < 1.29 is 9.53 Å². The maximum Gasteiger partial charge on any atom is 0.223 e. The molecule has 2 aromatic carbocycles. The molecule has 31 heavy (non-hydrogen) atoms. The summed E-state index contributed by atoms with van der Waals surface area (Å²) in [6.45, 7) is 8.31. The summed E-state index contributed by atoms with van der Waals surface area (Å²) in [4.78, 5) is 19.0. The third kappa shape index (κ3) is 7.63. The van der Waals surface area contributed by atoms with Crippen LogP contribution in [0.3, 0.4) is 0 Å². The van der Waals surface area contributed by atoms with Gasteiger partial charge in [-0.1, -0.05) is 48.0 Å². The van der Waals surface area contributed by atoms with Crippen LogP contribution in [0.15, 0.2) is 59.6 Å². The van der Waals surface area contributed by atoms with Crippen molar-refractivity contribution in [1.82, 2.24) is 15.5 Å². The van der Waals surface area contributed by atoms with E-state index in [-0.39, 0.29) is 11.8 Å².